The van der Waals surface area contributed by atoms with Crippen molar-refractivity contribution in [3.63, 3.8) is 0 Å². The van der Waals surface area contributed by atoms with E-state index in [1.54, 1.807) is 13.2 Å². The van der Waals surface area contributed by atoms with Gasteiger partial charge in [0.1, 0.15) is 5.75 Å². The summed E-state index contributed by atoms with van der Waals surface area (Å²) in [5.41, 5.74) is 0.603. The zero-order valence-corrected chi connectivity index (χ0v) is 19.5. The number of carbonyl (C=O) groups excluding carboxylic acids is 1. The number of hydrogen-bond acceptors (Lipinski definition) is 6. The lowest BCUT2D eigenvalue weighted by molar-refractivity contribution is -0.131. The molecule has 2 aromatic carbocycles. The number of aromatic hydroxyl groups is 1. The van der Waals surface area contributed by atoms with Crippen LogP contribution in [-0.2, 0) is 16.1 Å². The number of aromatic nitrogens is 3. The standard InChI is InChI=1S/C23H30N4O3S/c1-15(2)27(16(3)4)21(29)14-31-23-25-24-22(26(23)10-11-30-5)19-12-17-8-6-7-9-18(17)13-20(19)28/h6-9,12-13,15-16,28H,10-11,14H2,1-5H3. The van der Waals surface area contributed by atoms with Gasteiger partial charge in [-0.25, -0.2) is 0 Å². The second kappa shape index (κ2) is 10.2. The summed E-state index contributed by atoms with van der Waals surface area (Å²) in [5, 5.41) is 21.9. The minimum absolute atomic E-state index is 0.0615. The maximum Gasteiger partial charge on any atom is 0.233 e. The number of phenolic OH excluding ortho intramolecular Hbond substituents is 1. The van der Waals surface area contributed by atoms with Crippen molar-refractivity contribution in [2.45, 2.75) is 51.5 Å². The van der Waals surface area contributed by atoms with E-state index >= 15 is 0 Å². The summed E-state index contributed by atoms with van der Waals surface area (Å²) >= 11 is 1.35. The van der Waals surface area contributed by atoms with E-state index in [0.717, 1.165) is 10.8 Å². The molecule has 1 aromatic heterocycles. The Balaban J connectivity index is 1.92. The molecule has 8 heteroatoms. The monoisotopic (exact) mass is 442 g/mol. The topological polar surface area (TPSA) is 80.5 Å². The van der Waals surface area contributed by atoms with E-state index in [4.69, 9.17) is 4.74 Å². The van der Waals surface area contributed by atoms with Crippen LogP contribution in [0.5, 0.6) is 5.75 Å². The second-order valence-electron chi connectivity index (χ2n) is 7.94. The number of methoxy groups -OCH3 is 1. The zero-order chi connectivity index (χ0) is 22.5. The van der Waals surface area contributed by atoms with E-state index in [1.807, 2.05) is 67.5 Å². The summed E-state index contributed by atoms with van der Waals surface area (Å²) in [4.78, 5) is 14.7. The van der Waals surface area contributed by atoms with Crippen molar-refractivity contribution in [3.05, 3.63) is 36.4 Å². The fraction of sp³-hybridized carbons (Fsp3) is 0.435. The molecule has 1 heterocycles. The summed E-state index contributed by atoms with van der Waals surface area (Å²) in [6.07, 6.45) is 0. The molecule has 0 saturated heterocycles. The summed E-state index contributed by atoms with van der Waals surface area (Å²) in [6.45, 7) is 9.05. The van der Waals surface area contributed by atoms with Gasteiger partial charge in [0.15, 0.2) is 11.0 Å². The van der Waals surface area contributed by atoms with Crippen molar-refractivity contribution in [1.82, 2.24) is 19.7 Å². The van der Waals surface area contributed by atoms with Gasteiger partial charge in [-0.15, -0.1) is 10.2 Å². The molecule has 0 fully saturated rings. The number of amides is 1. The van der Waals surface area contributed by atoms with Gasteiger partial charge in [0.05, 0.1) is 24.5 Å². The van der Waals surface area contributed by atoms with Crippen LogP contribution in [0.2, 0.25) is 0 Å². The van der Waals surface area contributed by atoms with E-state index in [9.17, 15) is 9.90 Å². The van der Waals surface area contributed by atoms with Gasteiger partial charge in [-0.2, -0.15) is 0 Å². The lowest BCUT2D eigenvalue weighted by Gasteiger charge is -2.30. The van der Waals surface area contributed by atoms with Gasteiger partial charge in [0.25, 0.3) is 0 Å². The first-order valence-electron chi connectivity index (χ1n) is 10.4. The summed E-state index contributed by atoms with van der Waals surface area (Å²) in [7, 11) is 1.64. The molecule has 0 atom stereocenters. The fourth-order valence-electron chi connectivity index (χ4n) is 3.76. The number of carbonyl (C=O) groups is 1. The van der Waals surface area contributed by atoms with Crippen LogP contribution in [0.15, 0.2) is 41.6 Å². The maximum absolute atomic E-state index is 12.8. The molecule has 0 aliphatic rings. The van der Waals surface area contributed by atoms with Crippen LogP contribution in [0.4, 0.5) is 0 Å². The van der Waals surface area contributed by atoms with Gasteiger partial charge in [-0.3, -0.25) is 9.36 Å². The van der Waals surface area contributed by atoms with Gasteiger partial charge in [-0.1, -0.05) is 36.0 Å². The first-order valence-corrected chi connectivity index (χ1v) is 11.4. The second-order valence-corrected chi connectivity index (χ2v) is 8.89. The van der Waals surface area contributed by atoms with Gasteiger partial charge < -0.3 is 14.7 Å². The molecular weight excluding hydrogens is 412 g/mol. The van der Waals surface area contributed by atoms with Crippen molar-refractivity contribution >= 4 is 28.4 Å². The Kier molecular flexibility index (Phi) is 7.56. The van der Waals surface area contributed by atoms with Gasteiger partial charge in [0.2, 0.25) is 5.91 Å². The Morgan fingerprint density at radius 1 is 1.13 bits per heavy atom. The number of fused-ring (bicyclic) bond motifs is 1. The van der Waals surface area contributed by atoms with Crippen molar-refractivity contribution in [2.75, 3.05) is 19.5 Å². The van der Waals surface area contributed by atoms with E-state index in [-0.39, 0.29) is 29.5 Å². The number of rotatable bonds is 9. The predicted molar refractivity (Wildman–Crippen MR) is 124 cm³/mol. The normalized spacial score (nSPS) is 11.6. The van der Waals surface area contributed by atoms with E-state index in [1.165, 1.54) is 11.8 Å². The zero-order valence-electron chi connectivity index (χ0n) is 18.7. The fourth-order valence-corrected chi connectivity index (χ4v) is 4.59. The lowest BCUT2D eigenvalue weighted by Crippen LogP contribution is -2.43. The lowest BCUT2D eigenvalue weighted by atomic mass is 10.1. The minimum Gasteiger partial charge on any atom is -0.507 e. The van der Waals surface area contributed by atoms with Crippen LogP contribution in [0.1, 0.15) is 27.7 Å². The molecule has 0 aliphatic carbocycles. The highest BCUT2D eigenvalue weighted by Gasteiger charge is 2.23. The molecule has 3 rings (SSSR count). The third-order valence-corrected chi connectivity index (χ3v) is 6.02. The molecule has 7 nitrogen and oxygen atoms in total. The number of ether oxygens (including phenoxy) is 1. The van der Waals surface area contributed by atoms with Crippen molar-refractivity contribution < 1.29 is 14.6 Å². The highest BCUT2D eigenvalue weighted by atomic mass is 32.2. The number of benzene rings is 2. The number of phenols is 1. The molecule has 1 N–H and O–H groups in total. The minimum atomic E-state index is 0.0615. The summed E-state index contributed by atoms with van der Waals surface area (Å²) in [5.74, 6) is 1.03. The third-order valence-electron chi connectivity index (χ3n) is 5.07. The first-order chi connectivity index (χ1) is 14.8. The number of nitrogens with zero attached hydrogens (tertiary/aromatic N) is 4. The van der Waals surface area contributed by atoms with Crippen LogP contribution in [0.3, 0.4) is 0 Å². The molecule has 1 amide bonds. The molecule has 0 spiro atoms. The predicted octanol–water partition coefficient (Wildman–Crippen LogP) is 4.19. The Morgan fingerprint density at radius 3 is 2.39 bits per heavy atom. The summed E-state index contributed by atoms with van der Waals surface area (Å²) < 4.78 is 7.17. The quantitative estimate of drug-likeness (QED) is 0.501. The molecular formula is C23H30N4O3S. The molecule has 31 heavy (non-hydrogen) atoms. The highest BCUT2D eigenvalue weighted by Crippen LogP contribution is 2.34. The van der Waals surface area contributed by atoms with Crippen molar-refractivity contribution in [2.24, 2.45) is 0 Å². The van der Waals surface area contributed by atoms with Gasteiger partial charge in [-0.05, 0) is 50.6 Å². The van der Waals surface area contributed by atoms with E-state index in [0.29, 0.717) is 29.7 Å². The van der Waals surface area contributed by atoms with Crippen molar-refractivity contribution in [1.29, 1.82) is 0 Å². The van der Waals surface area contributed by atoms with Crippen LogP contribution in [0.25, 0.3) is 22.2 Å². The molecule has 0 unspecified atom stereocenters. The van der Waals surface area contributed by atoms with Gasteiger partial charge in [0, 0.05) is 19.2 Å². The Hall–Kier alpha value is -2.58. The Morgan fingerprint density at radius 2 is 1.77 bits per heavy atom. The third kappa shape index (κ3) is 5.19. The molecule has 0 radical (unpaired) electrons. The molecule has 0 bridgehead atoms. The number of thioether (sulfide) groups is 1. The highest BCUT2D eigenvalue weighted by molar-refractivity contribution is 7.99. The largest absolute Gasteiger partial charge is 0.507 e. The van der Waals surface area contributed by atoms with E-state index in [2.05, 4.69) is 10.2 Å². The van der Waals surface area contributed by atoms with Crippen molar-refractivity contribution in [3.8, 4) is 17.1 Å². The average Bonchev–Trinajstić information content (AvgIpc) is 3.12. The SMILES string of the molecule is COCCn1c(SCC(=O)N(C(C)C)C(C)C)nnc1-c1cc2ccccc2cc1O. The summed E-state index contributed by atoms with van der Waals surface area (Å²) in [6, 6.07) is 11.8. The number of hydrogen-bond donors (Lipinski definition) is 1. The van der Waals surface area contributed by atoms with Gasteiger partial charge >= 0.3 is 0 Å². The smallest absolute Gasteiger partial charge is 0.233 e. The molecule has 166 valence electrons. The average molecular weight is 443 g/mol. The Bertz CT molecular complexity index is 1040. The maximum atomic E-state index is 12.8. The molecule has 0 aliphatic heterocycles. The van der Waals surface area contributed by atoms with Crippen LogP contribution in [0, 0.1) is 0 Å². The Labute approximate surface area is 187 Å². The first kappa shape index (κ1) is 23.1. The van der Waals surface area contributed by atoms with Crippen LogP contribution >= 0.6 is 11.8 Å². The van der Waals surface area contributed by atoms with Crippen LogP contribution < -0.4 is 0 Å². The van der Waals surface area contributed by atoms with Crippen LogP contribution in [-0.4, -0.2) is 62.2 Å². The van der Waals surface area contributed by atoms with E-state index < -0.39 is 0 Å². The molecule has 0 saturated carbocycles. The molecule has 3 aromatic rings.